The van der Waals surface area contributed by atoms with Crippen molar-refractivity contribution in [2.45, 2.75) is 17.0 Å². The van der Waals surface area contributed by atoms with E-state index >= 15 is 0 Å². The lowest BCUT2D eigenvalue weighted by Gasteiger charge is -2.09. The average Bonchev–Trinajstić information content (AvgIpc) is 3.37. The lowest BCUT2D eigenvalue weighted by atomic mass is 10.1. The van der Waals surface area contributed by atoms with Gasteiger partial charge in [-0.25, -0.2) is 14.5 Å². The normalized spacial score (nSPS) is 11.3. The Morgan fingerprint density at radius 1 is 1.06 bits per heavy atom. The molecule has 0 fully saturated rings. The molecule has 0 aliphatic rings. The van der Waals surface area contributed by atoms with Gasteiger partial charge in [0, 0.05) is 23.1 Å². The molecule has 5 aromatic rings. The lowest BCUT2D eigenvalue weighted by Crippen LogP contribution is -2.15. The van der Waals surface area contributed by atoms with Gasteiger partial charge in [-0.05, 0) is 36.8 Å². The highest BCUT2D eigenvalue weighted by Gasteiger charge is 2.17. The number of nitrogens with one attached hydrogen (secondary N) is 1. The lowest BCUT2D eigenvalue weighted by molar-refractivity contribution is 0.355. The van der Waals surface area contributed by atoms with Crippen molar-refractivity contribution in [1.82, 2.24) is 19.6 Å². The van der Waals surface area contributed by atoms with Crippen molar-refractivity contribution in [3.63, 3.8) is 0 Å². The number of para-hydroxylation sites is 1. The highest BCUT2D eigenvalue weighted by molar-refractivity contribution is 8.00. The van der Waals surface area contributed by atoms with Crippen molar-refractivity contribution >= 4 is 39.0 Å². The molecule has 0 unspecified atom stereocenters. The molecule has 0 aliphatic carbocycles. The molecule has 1 N–H and O–H groups in total. The topological polar surface area (TPSA) is 81.5 Å². The van der Waals surface area contributed by atoms with E-state index in [1.165, 1.54) is 4.52 Å². The first-order valence-electron chi connectivity index (χ1n) is 9.89. The number of hydrogen-bond donors (Lipinski definition) is 1. The number of benzene rings is 2. The van der Waals surface area contributed by atoms with Crippen molar-refractivity contribution in [2.24, 2.45) is 0 Å². The fourth-order valence-corrected chi connectivity index (χ4v) is 5.62. The Hall–Kier alpha value is -3.30. The summed E-state index contributed by atoms with van der Waals surface area (Å²) in [6, 6.07) is 15.3. The molecule has 0 atom stereocenters. The molecule has 0 spiro atoms. The number of hydrogen-bond acceptors (Lipinski definition) is 7. The third-order valence-corrected chi connectivity index (χ3v) is 7.35. The van der Waals surface area contributed by atoms with Crippen molar-refractivity contribution in [3.05, 3.63) is 70.3 Å². The van der Waals surface area contributed by atoms with Crippen LogP contribution < -0.4 is 15.0 Å². The second-order valence-corrected chi connectivity index (χ2v) is 9.42. The molecule has 0 bridgehead atoms. The number of methoxy groups -OCH3 is 2. The number of nitrogens with zero attached hydrogens (tertiary/aromatic N) is 3. The van der Waals surface area contributed by atoms with Gasteiger partial charge in [-0.15, -0.1) is 11.3 Å². The minimum Gasteiger partial charge on any atom is -0.493 e. The van der Waals surface area contributed by atoms with Crippen LogP contribution in [0.2, 0.25) is 0 Å². The maximum absolute atomic E-state index is 12.8. The van der Waals surface area contributed by atoms with Crippen molar-refractivity contribution in [1.29, 1.82) is 0 Å². The summed E-state index contributed by atoms with van der Waals surface area (Å²) < 4.78 is 14.4. The Bertz CT molecular complexity index is 1470. The molecule has 0 saturated heterocycles. The molecule has 162 valence electrons. The van der Waals surface area contributed by atoms with E-state index in [4.69, 9.17) is 14.5 Å². The van der Waals surface area contributed by atoms with Crippen LogP contribution in [-0.2, 0) is 5.75 Å². The first kappa shape index (κ1) is 20.6. The molecular formula is C23H20N4O3S2. The number of fused-ring (bicyclic) bond motifs is 2. The average molecular weight is 465 g/mol. The number of ether oxygens (including phenoxy) is 2. The smallest absolute Gasteiger partial charge is 0.272 e. The number of thioether (sulfide) groups is 1. The predicted molar refractivity (Wildman–Crippen MR) is 128 cm³/mol. The van der Waals surface area contributed by atoms with E-state index in [9.17, 15) is 4.79 Å². The number of aromatic nitrogens is 4. The van der Waals surface area contributed by atoms with Gasteiger partial charge in [-0.2, -0.15) is 0 Å². The first-order chi connectivity index (χ1) is 15.6. The van der Waals surface area contributed by atoms with Gasteiger partial charge in [-0.1, -0.05) is 30.0 Å². The molecule has 0 amide bonds. The van der Waals surface area contributed by atoms with Crippen LogP contribution in [0.4, 0.5) is 0 Å². The summed E-state index contributed by atoms with van der Waals surface area (Å²) in [7, 11) is 3.20. The van der Waals surface area contributed by atoms with Crippen LogP contribution in [0.3, 0.4) is 0 Å². The second kappa shape index (κ2) is 8.33. The number of aryl methyl sites for hydroxylation is 1. The zero-order valence-corrected chi connectivity index (χ0v) is 19.3. The molecular weight excluding hydrogens is 444 g/mol. The van der Waals surface area contributed by atoms with Crippen molar-refractivity contribution in [2.75, 3.05) is 14.2 Å². The number of H-pyrrole nitrogens is 1. The van der Waals surface area contributed by atoms with Crippen LogP contribution in [0.15, 0.2) is 57.7 Å². The maximum Gasteiger partial charge on any atom is 0.272 e. The third-order valence-electron chi connectivity index (χ3n) is 5.14. The first-order valence-corrected chi connectivity index (χ1v) is 11.7. The molecule has 5 rings (SSSR count). The van der Waals surface area contributed by atoms with Crippen LogP contribution in [0.1, 0.15) is 11.4 Å². The van der Waals surface area contributed by atoms with Gasteiger partial charge in [0.2, 0.25) is 0 Å². The summed E-state index contributed by atoms with van der Waals surface area (Å²) in [5.74, 6) is 1.82. The van der Waals surface area contributed by atoms with Gasteiger partial charge < -0.3 is 9.47 Å². The van der Waals surface area contributed by atoms with Gasteiger partial charge in [0.1, 0.15) is 0 Å². The summed E-state index contributed by atoms with van der Waals surface area (Å²) in [4.78, 5) is 22.3. The van der Waals surface area contributed by atoms with Crippen LogP contribution >= 0.6 is 23.1 Å². The van der Waals surface area contributed by atoms with Crippen LogP contribution in [0, 0.1) is 6.92 Å². The Labute approximate surface area is 192 Å². The van der Waals surface area contributed by atoms with Crippen molar-refractivity contribution < 1.29 is 9.47 Å². The fourth-order valence-electron chi connectivity index (χ4n) is 3.66. The Morgan fingerprint density at radius 2 is 1.88 bits per heavy atom. The fraction of sp³-hybridized carbons (Fsp3) is 0.174. The van der Waals surface area contributed by atoms with E-state index in [0.29, 0.717) is 28.6 Å². The monoisotopic (exact) mass is 464 g/mol. The van der Waals surface area contributed by atoms with E-state index in [1.54, 1.807) is 43.4 Å². The van der Waals surface area contributed by atoms with Gasteiger partial charge >= 0.3 is 0 Å². The van der Waals surface area contributed by atoms with Gasteiger partial charge in [0.15, 0.2) is 21.5 Å². The minimum atomic E-state index is -0.148. The largest absolute Gasteiger partial charge is 0.493 e. The highest BCUT2D eigenvalue weighted by Crippen LogP contribution is 2.35. The molecule has 0 aliphatic heterocycles. The maximum atomic E-state index is 12.8. The van der Waals surface area contributed by atoms with Gasteiger partial charge in [0.05, 0.1) is 30.1 Å². The zero-order chi connectivity index (χ0) is 22.2. The van der Waals surface area contributed by atoms with E-state index in [1.807, 2.05) is 43.3 Å². The number of aromatic amines is 1. The molecule has 0 saturated carbocycles. The molecule has 2 aromatic carbocycles. The third kappa shape index (κ3) is 3.63. The Balaban J connectivity index is 1.53. The van der Waals surface area contributed by atoms with E-state index in [2.05, 4.69) is 16.1 Å². The second-order valence-electron chi connectivity index (χ2n) is 7.16. The van der Waals surface area contributed by atoms with Gasteiger partial charge in [-0.3, -0.25) is 9.89 Å². The Kier molecular flexibility index (Phi) is 5.36. The SMILES string of the molecule is COc1ccc(-c2c(C)[nH]n3c(=O)cc(CSc4nc5ccccc5s4)nc23)cc1OC. The minimum absolute atomic E-state index is 0.148. The van der Waals surface area contributed by atoms with E-state index in [0.717, 1.165) is 31.4 Å². The zero-order valence-electron chi connectivity index (χ0n) is 17.7. The molecule has 7 nitrogen and oxygen atoms in total. The summed E-state index contributed by atoms with van der Waals surface area (Å²) in [5.41, 5.74) is 4.72. The Morgan fingerprint density at radius 3 is 2.66 bits per heavy atom. The molecule has 3 aromatic heterocycles. The van der Waals surface area contributed by atoms with E-state index in [-0.39, 0.29) is 5.56 Å². The van der Waals surface area contributed by atoms with Crippen molar-refractivity contribution in [3.8, 4) is 22.6 Å². The predicted octanol–water partition coefficient (Wildman–Crippen LogP) is 4.92. The quantitative estimate of drug-likeness (QED) is 0.359. The summed E-state index contributed by atoms with van der Waals surface area (Å²) in [6.45, 7) is 1.93. The summed E-state index contributed by atoms with van der Waals surface area (Å²) >= 11 is 3.23. The van der Waals surface area contributed by atoms with Crippen LogP contribution in [0.5, 0.6) is 11.5 Å². The van der Waals surface area contributed by atoms with Crippen LogP contribution in [-0.4, -0.2) is 33.8 Å². The highest BCUT2D eigenvalue weighted by atomic mass is 32.2. The molecule has 0 radical (unpaired) electrons. The number of rotatable bonds is 6. The number of thiazole rings is 1. The molecule has 3 heterocycles. The van der Waals surface area contributed by atoms with Gasteiger partial charge in [0.25, 0.3) is 5.56 Å². The molecule has 32 heavy (non-hydrogen) atoms. The standard InChI is InChI=1S/C23H20N4O3S2/c1-13-21(14-8-9-17(29-2)18(10-14)30-3)22-24-15(11-20(28)27(22)26-13)12-31-23-25-16-6-4-5-7-19(16)32-23/h4-11,26H,12H2,1-3H3. The summed E-state index contributed by atoms with van der Waals surface area (Å²) in [6.07, 6.45) is 0. The summed E-state index contributed by atoms with van der Waals surface area (Å²) in [5, 5.41) is 3.13. The van der Waals surface area contributed by atoms with E-state index < -0.39 is 0 Å². The van der Waals surface area contributed by atoms with Crippen LogP contribution in [0.25, 0.3) is 27.0 Å². The molecule has 9 heteroatoms.